The maximum Gasteiger partial charge on any atom is 0.0638 e. The van der Waals surface area contributed by atoms with Crippen molar-refractivity contribution < 1.29 is 0 Å². The van der Waals surface area contributed by atoms with E-state index in [1.54, 1.807) is 0 Å². The van der Waals surface area contributed by atoms with Crippen LogP contribution in [0.4, 0.5) is 0 Å². The molecule has 12 heavy (non-hydrogen) atoms. The van der Waals surface area contributed by atoms with Crippen molar-refractivity contribution in [2.75, 3.05) is 27.7 Å². The summed E-state index contributed by atoms with van der Waals surface area (Å²) < 4.78 is 0. The molecule has 0 rings (SSSR count). The van der Waals surface area contributed by atoms with Gasteiger partial charge in [-0.15, -0.1) is 0 Å². The largest absolute Gasteiger partial charge is 0.315 e. The normalized spacial score (nSPS) is 11.4. The van der Waals surface area contributed by atoms with Crippen LogP contribution in [0.5, 0.6) is 0 Å². The van der Waals surface area contributed by atoms with Gasteiger partial charge in [-0.25, -0.2) is 0 Å². The summed E-state index contributed by atoms with van der Waals surface area (Å²) in [5.74, 6) is 0. The topological polar surface area (TPSA) is 39.1 Å². The first-order valence-electron chi connectivity index (χ1n) is 4.39. The Morgan fingerprint density at radius 1 is 1.42 bits per heavy atom. The van der Waals surface area contributed by atoms with E-state index >= 15 is 0 Å². The maximum atomic E-state index is 8.37. The van der Waals surface area contributed by atoms with Gasteiger partial charge in [-0.1, -0.05) is 13.8 Å². The summed E-state index contributed by atoms with van der Waals surface area (Å²) >= 11 is 0. The highest BCUT2D eigenvalue weighted by Gasteiger charge is 2.04. The molecule has 0 fully saturated rings. The third kappa shape index (κ3) is 9.41. The Bertz CT molecular complexity index is 115. The smallest absolute Gasteiger partial charge is 0.0638 e. The van der Waals surface area contributed by atoms with E-state index in [1.807, 2.05) is 35.0 Å². The van der Waals surface area contributed by atoms with Crippen molar-refractivity contribution in [2.24, 2.45) is 0 Å². The van der Waals surface area contributed by atoms with Crippen LogP contribution >= 0.6 is 0 Å². The fourth-order valence-corrected chi connectivity index (χ4v) is 0.809. The van der Waals surface area contributed by atoms with Gasteiger partial charge >= 0.3 is 0 Å². The summed E-state index contributed by atoms with van der Waals surface area (Å²) in [6.45, 7) is 4.92. The first-order valence-corrected chi connectivity index (χ1v) is 4.39. The van der Waals surface area contributed by atoms with Crippen LogP contribution in [0.1, 0.15) is 20.3 Å². The molecule has 0 radical (unpaired) electrons. The highest BCUT2D eigenvalue weighted by molar-refractivity contribution is 4.80. The van der Waals surface area contributed by atoms with Crippen molar-refractivity contribution in [1.29, 1.82) is 5.26 Å². The molecule has 1 N–H and O–H groups in total. The predicted molar refractivity (Wildman–Crippen MR) is 53.0 cm³/mol. The van der Waals surface area contributed by atoms with Crippen LogP contribution in [-0.2, 0) is 0 Å². The zero-order valence-electron chi connectivity index (χ0n) is 8.89. The molecule has 72 valence electrons. The van der Waals surface area contributed by atoms with Crippen molar-refractivity contribution in [3.8, 4) is 6.07 Å². The number of nitriles is 1. The SMILES string of the molecule is CC.CNC(CC#N)CN(C)C. The molecule has 0 aromatic rings. The van der Waals surface area contributed by atoms with Gasteiger partial charge < -0.3 is 10.2 Å². The van der Waals surface area contributed by atoms with Crippen molar-refractivity contribution >= 4 is 0 Å². The minimum absolute atomic E-state index is 0.306. The second-order valence-corrected chi connectivity index (χ2v) is 2.61. The zero-order valence-corrected chi connectivity index (χ0v) is 8.89. The Morgan fingerprint density at radius 2 is 1.92 bits per heavy atom. The van der Waals surface area contributed by atoms with Crippen LogP contribution in [0, 0.1) is 11.3 Å². The van der Waals surface area contributed by atoms with E-state index in [1.165, 1.54) is 0 Å². The number of likely N-dealkylation sites (N-methyl/N-ethyl adjacent to an activating group) is 2. The number of rotatable bonds is 4. The Kier molecular flexibility index (Phi) is 12.1. The van der Waals surface area contributed by atoms with Gasteiger partial charge in [0.15, 0.2) is 0 Å². The fourth-order valence-electron chi connectivity index (χ4n) is 0.809. The highest BCUT2D eigenvalue weighted by atomic mass is 15.1. The van der Waals surface area contributed by atoms with Gasteiger partial charge in [0, 0.05) is 12.6 Å². The first kappa shape index (κ1) is 14.0. The maximum absolute atomic E-state index is 8.37. The second-order valence-electron chi connectivity index (χ2n) is 2.61. The van der Waals surface area contributed by atoms with Gasteiger partial charge in [0.05, 0.1) is 12.5 Å². The molecular formula is C9H21N3. The van der Waals surface area contributed by atoms with Crippen LogP contribution < -0.4 is 5.32 Å². The van der Waals surface area contributed by atoms with Gasteiger partial charge in [0.1, 0.15) is 0 Å². The molecule has 0 aliphatic rings. The lowest BCUT2D eigenvalue weighted by Crippen LogP contribution is -2.35. The predicted octanol–water partition coefficient (Wildman–Crippen LogP) is 1.08. The number of hydrogen-bond donors (Lipinski definition) is 1. The molecule has 3 nitrogen and oxygen atoms in total. The average molecular weight is 171 g/mol. The molecule has 0 heterocycles. The quantitative estimate of drug-likeness (QED) is 0.688. The molecule has 0 aliphatic carbocycles. The Morgan fingerprint density at radius 3 is 2.17 bits per heavy atom. The lowest BCUT2D eigenvalue weighted by molar-refractivity contribution is 0.350. The Hall–Kier alpha value is -0.590. The average Bonchev–Trinajstić information content (AvgIpc) is 2.07. The van der Waals surface area contributed by atoms with E-state index in [4.69, 9.17) is 5.26 Å². The van der Waals surface area contributed by atoms with Crippen molar-refractivity contribution in [3.05, 3.63) is 0 Å². The van der Waals surface area contributed by atoms with Crippen molar-refractivity contribution in [1.82, 2.24) is 10.2 Å². The van der Waals surface area contributed by atoms with Crippen LogP contribution in [0.15, 0.2) is 0 Å². The standard InChI is InChI=1S/C7H15N3.C2H6/c1-9-7(4-5-8)6-10(2)3;1-2/h7,9H,4,6H2,1-3H3;1-2H3. The summed E-state index contributed by atoms with van der Waals surface area (Å²) in [7, 11) is 5.88. The minimum Gasteiger partial charge on any atom is -0.315 e. The lowest BCUT2D eigenvalue weighted by Gasteiger charge is -2.17. The zero-order chi connectivity index (χ0) is 9.98. The van der Waals surface area contributed by atoms with Crippen LogP contribution in [-0.4, -0.2) is 38.6 Å². The summed E-state index contributed by atoms with van der Waals surface area (Å²) in [6, 6.07) is 2.44. The van der Waals surface area contributed by atoms with E-state index in [0.717, 1.165) is 6.54 Å². The minimum atomic E-state index is 0.306. The van der Waals surface area contributed by atoms with E-state index < -0.39 is 0 Å². The van der Waals surface area contributed by atoms with Crippen molar-refractivity contribution in [3.63, 3.8) is 0 Å². The molecule has 0 saturated carbocycles. The molecule has 0 spiro atoms. The number of nitrogens with one attached hydrogen (secondary N) is 1. The second kappa shape index (κ2) is 10.4. The lowest BCUT2D eigenvalue weighted by atomic mass is 10.2. The monoisotopic (exact) mass is 171 g/mol. The highest BCUT2D eigenvalue weighted by Crippen LogP contribution is 1.90. The molecule has 1 atom stereocenters. The fraction of sp³-hybridized carbons (Fsp3) is 0.889. The van der Waals surface area contributed by atoms with E-state index in [-0.39, 0.29) is 0 Å². The first-order chi connectivity index (χ1) is 5.70. The van der Waals surface area contributed by atoms with Crippen LogP contribution in [0.2, 0.25) is 0 Å². The van der Waals surface area contributed by atoms with Gasteiger partial charge in [-0.3, -0.25) is 0 Å². The summed E-state index contributed by atoms with van der Waals surface area (Å²) in [6.07, 6.45) is 0.578. The van der Waals surface area contributed by atoms with Gasteiger partial charge in [-0.2, -0.15) is 5.26 Å². The molecule has 0 aromatic heterocycles. The van der Waals surface area contributed by atoms with E-state index in [0.29, 0.717) is 12.5 Å². The molecule has 0 saturated heterocycles. The van der Waals surface area contributed by atoms with E-state index in [2.05, 4.69) is 16.3 Å². The molecule has 0 aromatic carbocycles. The molecular weight excluding hydrogens is 150 g/mol. The van der Waals surface area contributed by atoms with Gasteiger partial charge in [0.25, 0.3) is 0 Å². The number of hydrogen-bond acceptors (Lipinski definition) is 3. The van der Waals surface area contributed by atoms with Crippen LogP contribution in [0.3, 0.4) is 0 Å². The van der Waals surface area contributed by atoms with Gasteiger partial charge in [0.2, 0.25) is 0 Å². The number of nitrogens with zero attached hydrogens (tertiary/aromatic N) is 2. The van der Waals surface area contributed by atoms with E-state index in [9.17, 15) is 0 Å². The Balaban J connectivity index is 0. The van der Waals surface area contributed by atoms with Crippen molar-refractivity contribution in [2.45, 2.75) is 26.3 Å². The molecule has 3 heteroatoms. The van der Waals surface area contributed by atoms with Gasteiger partial charge in [-0.05, 0) is 21.1 Å². The third-order valence-electron chi connectivity index (χ3n) is 1.33. The van der Waals surface area contributed by atoms with Crippen LogP contribution in [0.25, 0.3) is 0 Å². The third-order valence-corrected chi connectivity index (χ3v) is 1.33. The Labute approximate surface area is 76.4 Å². The summed E-state index contributed by atoms with van der Waals surface area (Å²) in [5.41, 5.74) is 0. The summed E-state index contributed by atoms with van der Waals surface area (Å²) in [5, 5.41) is 11.4. The molecule has 1 unspecified atom stereocenters. The summed E-state index contributed by atoms with van der Waals surface area (Å²) in [4.78, 5) is 2.07. The molecule has 0 amide bonds. The molecule has 0 aliphatic heterocycles. The molecule has 0 bridgehead atoms.